The third kappa shape index (κ3) is 4.51. The molecule has 24 heavy (non-hydrogen) atoms. The molecule has 2 fully saturated rings. The average Bonchev–Trinajstić information content (AvgIpc) is 3.32. The molecule has 1 saturated heterocycles. The van der Waals surface area contributed by atoms with Gasteiger partial charge in [-0.25, -0.2) is 4.39 Å². The molecule has 6 nitrogen and oxygen atoms in total. The van der Waals surface area contributed by atoms with Crippen molar-refractivity contribution in [1.29, 1.82) is 0 Å². The maximum absolute atomic E-state index is 12.8. The number of rotatable bonds is 7. The van der Waals surface area contributed by atoms with Gasteiger partial charge in [-0.15, -0.1) is 0 Å². The lowest BCUT2D eigenvalue weighted by Crippen LogP contribution is -2.38. The summed E-state index contributed by atoms with van der Waals surface area (Å²) in [6.07, 6.45) is -1.35. The summed E-state index contributed by atoms with van der Waals surface area (Å²) < 4.78 is 18.5. The normalized spacial score (nSPS) is 29.6. The highest BCUT2D eigenvalue weighted by Gasteiger charge is 2.43. The van der Waals surface area contributed by atoms with Gasteiger partial charge >= 0.3 is 0 Å². The Hall–Kier alpha value is -1.54. The Balaban J connectivity index is 1.43. The molecule has 0 bridgehead atoms. The molecule has 0 spiro atoms. The number of amides is 1. The highest BCUT2D eigenvalue weighted by Crippen LogP contribution is 2.24. The van der Waals surface area contributed by atoms with E-state index in [9.17, 15) is 19.4 Å². The largest absolute Gasteiger partial charge is 0.388 e. The molecular formula is C17H23FN2O4. The van der Waals surface area contributed by atoms with Crippen LogP contribution in [0.25, 0.3) is 0 Å². The van der Waals surface area contributed by atoms with E-state index in [2.05, 4.69) is 10.6 Å². The van der Waals surface area contributed by atoms with E-state index in [4.69, 9.17) is 4.74 Å². The van der Waals surface area contributed by atoms with Gasteiger partial charge in [-0.3, -0.25) is 4.79 Å². The first-order valence-electron chi connectivity index (χ1n) is 8.29. The van der Waals surface area contributed by atoms with Gasteiger partial charge in [0.05, 0.1) is 18.6 Å². The number of ether oxygens (including phenoxy) is 1. The van der Waals surface area contributed by atoms with Gasteiger partial charge in [0.1, 0.15) is 18.0 Å². The molecule has 1 aliphatic heterocycles. The Kier molecular flexibility index (Phi) is 5.45. The molecule has 4 N–H and O–H groups in total. The molecule has 4 atom stereocenters. The predicted octanol–water partition coefficient (Wildman–Crippen LogP) is 0.0732. The lowest BCUT2D eigenvalue weighted by molar-refractivity contribution is -0.125. The maximum atomic E-state index is 12.8. The number of carbonyl (C=O) groups is 1. The monoisotopic (exact) mass is 338 g/mol. The number of aliphatic hydroxyl groups is 2. The number of carbonyl (C=O) groups excluding carboxylic acids is 1. The van der Waals surface area contributed by atoms with Crippen molar-refractivity contribution in [3.63, 3.8) is 0 Å². The average molecular weight is 338 g/mol. The Labute approximate surface area is 140 Å². The predicted molar refractivity (Wildman–Crippen MR) is 84.6 cm³/mol. The van der Waals surface area contributed by atoms with Gasteiger partial charge in [0.2, 0.25) is 5.91 Å². The van der Waals surface area contributed by atoms with Gasteiger partial charge in [-0.2, -0.15) is 0 Å². The molecule has 0 radical (unpaired) electrons. The minimum absolute atomic E-state index is 0.0448. The molecule has 2 aliphatic rings. The summed E-state index contributed by atoms with van der Waals surface area (Å²) in [5, 5.41) is 26.1. The quantitative estimate of drug-likeness (QED) is 0.565. The molecule has 1 aliphatic carbocycles. The van der Waals surface area contributed by atoms with E-state index >= 15 is 0 Å². The van der Waals surface area contributed by atoms with Gasteiger partial charge in [-0.05, 0) is 30.5 Å². The Bertz CT molecular complexity index is 564. The molecular weight excluding hydrogens is 315 g/mol. The number of benzene rings is 1. The van der Waals surface area contributed by atoms with Crippen LogP contribution in [0.15, 0.2) is 24.3 Å². The smallest absolute Gasteiger partial charge is 0.222 e. The van der Waals surface area contributed by atoms with Gasteiger partial charge in [0.25, 0.3) is 0 Å². The van der Waals surface area contributed by atoms with Crippen LogP contribution in [-0.4, -0.2) is 53.1 Å². The molecule has 1 amide bonds. The summed E-state index contributed by atoms with van der Waals surface area (Å²) in [7, 11) is 0. The van der Waals surface area contributed by atoms with Crippen molar-refractivity contribution in [3.8, 4) is 0 Å². The minimum Gasteiger partial charge on any atom is -0.388 e. The van der Waals surface area contributed by atoms with E-state index in [0.29, 0.717) is 13.1 Å². The van der Waals surface area contributed by atoms with Crippen LogP contribution in [0.5, 0.6) is 0 Å². The fraction of sp³-hybridized carbons (Fsp3) is 0.588. The van der Waals surface area contributed by atoms with E-state index in [-0.39, 0.29) is 24.2 Å². The number of aliphatic hydroxyl groups excluding tert-OH is 2. The van der Waals surface area contributed by atoms with Crippen LogP contribution in [0.4, 0.5) is 4.39 Å². The third-order valence-corrected chi connectivity index (χ3v) is 4.38. The SMILES string of the molecule is O=C(C[C@@H]1O[C@H](CNCc2ccc(F)cc2)[C@@H](O)[C@H]1O)NC1CC1. The Morgan fingerprint density at radius 2 is 1.83 bits per heavy atom. The van der Waals surface area contributed by atoms with E-state index < -0.39 is 24.4 Å². The molecule has 1 aromatic carbocycles. The highest BCUT2D eigenvalue weighted by molar-refractivity contribution is 5.77. The first kappa shape index (κ1) is 17.3. The fourth-order valence-electron chi connectivity index (χ4n) is 2.82. The Morgan fingerprint density at radius 1 is 1.17 bits per heavy atom. The molecule has 1 aromatic rings. The number of nitrogens with one attached hydrogen (secondary N) is 2. The molecule has 1 saturated carbocycles. The zero-order valence-electron chi connectivity index (χ0n) is 13.3. The van der Waals surface area contributed by atoms with Crippen LogP contribution in [0.3, 0.4) is 0 Å². The van der Waals surface area contributed by atoms with Crippen LogP contribution in [0.2, 0.25) is 0 Å². The van der Waals surface area contributed by atoms with Crippen LogP contribution in [-0.2, 0) is 16.1 Å². The van der Waals surface area contributed by atoms with Gasteiger partial charge in [0.15, 0.2) is 0 Å². The van der Waals surface area contributed by atoms with Crippen LogP contribution >= 0.6 is 0 Å². The van der Waals surface area contributed by atoms with Crippen molar-refractivity contribution < 1.29 is 24.1 Å². The lowest BCUT2D eigenvalue weighted by Gasteiger charge is -2.15. The minimum atomic E-state index is -1.08. The molecule has 7 heteroatoms. The van der Waals surface area contributed by atoms with Crippen molar-refractivity contribution in [2.75, 3.05) is 6.54 Å². The Morgan fingerprint density at radius 3 is 2.50 bits per heavy atom. The summed E-state index contributed by atoms with van der Waals surface area (Å²) >= 11 is 0. The lowest BCUT2D eigenvalue weighted by atomic mass is 10.1. The van der Waals surface area contributed by atoms with Crippen molar-refractivity contribution in [2.24, 2.45) is 0 Å². The van der Waals surface area contributed by atoms with Crippen molar-refractivity contribution in [2.45, 2.75) is 56.3 Å². The second kappa shape index (κ2) is 7.57. The molecule has 132 valence electrons. The van der Waals surface area contributed by atoms with Crippen LogP contribution in [0, 0.1) is 5.82 Å². The first-order chi connectivity index (χ1) is 11.5. The topological polar surface area (TPSA) is 90.8 Å². The maximum Gasteiger partial charge on any atom is 0.222 e. The molecule has 0 unspecified atom stereocenters. The standard InChI is InChI=1S/C17H23FN2O4/c18-11-3-1-10(2-4-11)8-19-9-14-17(23)16(22)13(24-14)7-15(21)20-12-5-6-12/h1-4,12-14,16-17,19,22-23H,5-9H2,(H,20,21)/t13-,14+,16-,17+/m0/s1. The molecule has 3 rings (SSSR count). The zero-order valence-corrected chi connectivity index (χ0v) is 13.3. The highest BCUT2D eigenvalue weighted by atomic mass is 19.1. The van der Waals surface area contributed by atoms with Gasteiger partial charge in [-0.1, -0.05) is 12.1 Å². The second-order valence-electron chi connectivity index (χ2n) is 6.50. The van der Waals surface area contributed by atoms with E-state index in [0.717, 1.165) is 18.4 Å². The summed E-state index contributed by atoms with van der Waals surface area (Å²) in [6, 6.07) is 6.38. The number of halogens is 1. The summed E-state index contributed by atoms with van der Waals surface area (Å²) in [4.78, 5) is 11.8. The molecule has 1 heterocycles. The zero-order chi connectivity index (χ0) is 17.1. The number of hydrogen-bond donors (Lipinski definition) is 4. The van der Waals surface area contributed by atoms with Crippen molar-refractivity contribution >= 4 is 5.91 Å². The summed E-state index contributed by atoms with van der Waals surface area (Å²) in [5.41, 5.74) is 0.907. The van der Waals surface area contributed by atoms with E-state index in [1.807, 2.05) is 0 Å². The van der Waals surface area contributed by atoms with E-state index in [1.54, 1.807) is 12.1 Å². The van der Waals surface area contributed by atoms with E-state index in [1.165, 1.54) is 12.1 Å². The summed E-state index contributed by atoms with van der Waals surface area (Å²) in [5.74, 6) is -0.447. The number of hydrogen-bond acceptors (Lipinski definition) is 5. The first-order valence-corrected chi connectivity index (χ1v) is 8.29. The fourth-order valence-corrected chi connectivity index (χ4v) is 2.82. The van der Waals surface area contributed by atoms with Crippen LogP contribution in [0.1, 0.15) is 24.8 Å². The second-order valence-corrected chi connectivity index (χ2v) is 6.50. The molecule has 0 aromatic heterocycles. The van der Waals surface area contributed by atoms with Crippen molar-refractivity contribution in [1.82, 2.24) is 10.6 Å². The summed E-state index contributed by atoms with van der Waals surface area (Å²) in [6.45, 7) is 0.826. The van der Waals surface area contributed by atoms with Crippen molar-refractivity contribution in [3.05, 3.63) is 35.6 Å². The third-order valence-electron chi connectivity index (χ3n) is 4.38. The van der Waals surface area contributed by atoms with Crippen LogP contribution < -0.4 is 10.6 Å². The van der Waals surface area contributed by atoms with Gasteiger partial charge < -0.3 is 25.6 Å². The van der Waals surface area contributed by atoms with Gasteiger partial charge in [0, 0.05) is 19.1 Å².